The van der Waals surface area contributed by atoms with E-state index < -0.39 is 0 Å². The van der Waals surface area contributed by atoms with E-state index in [1.807, 2.05) is 42.5 Å². The Kier molecular flexibility index (Phi) is 5.34. The predicted octanol–water partition coefficient (Wildman–Crippen LogP) is 5.78. The summed E-state index contributed by atoms with van der Waals surface area (Å²) in [6.07, 6.45) is 13.0. The number of ether oxygens (including phenoxy) is 4. The maximum atomic E-state index is 6.19. The standard InChI is InChI=1S/C26H22N2O4/c1-29-22-11-9-19(13-23(22)30-2)26-20-12-18(8-10-21(20)27-16-28-26)25-15-31-14-24(32-25)17-6-4-3-5-7-17/h3-4,6,8-16H,5,7H2,1-2H3. The molecule has 0 bridgehead atoms. The number of hydrogen-bond acceptors (Lipinski definition) is 6. The van der Waals surface area contributed by atoms with E-state index >= 15 is 0 Å². The second-order valence-electron chi connectivity index (χ2n) is 7.39. The minimum atomic E-state index is 0.641. The Bertz CT molecular complexity index is 1300. The molecular formula is C26H22N2O4. The first-order valence-electron chi connectivity index (χ1n) is 10.3. The van der Waals surface area contributed by atoms with Crippen molar-refractivity contribution in [3.63, 3.8) is 0 Å². The van der Waals surface area contributed by atoms with Gasteiger partial charge in [0.05, 0.1) is 25.4 Å². The Morgan fingerprint density at radius 2 is 1.72 bits per heavy atom. The summed E-state index contributed by atoms with van der Waals surface area (Å²) in [6, 6.07) is 11.7. The Hall–Kier alpha value is -4.06. The molecule has 1 aromatic heterocycles. The molecule has 0 radical (unpaired) electrons. The molecule has 5 rings (SSSR count). The molecule has 2 heterocycles. The smallest absolute Gasteiger partial charge is 0.169 e. The number of methoxy groups -OCH3 is 2. The van der Waals surface area contributed by atoms with Crippen molar-refractivity contribution in [2.75, 3.05) is 14.2 Å². The van der Waals surface area contributed by atoms with E-state index in [-0.39, 0.29) is 0 Å². The molecule has 0 amide bonds. The van der Waals surface area contributed by atoms with Crippen LogP contribution >= 0.6 is 0 Å². The molecule has 0 saturated carbocycles. The van der Waals surface area contributed by atoms with E-state index in [0.717, 1.165) is 51.9 Å². The zero-order chi connectivity index (χ0) is 21.9. The molecule has 32 heavy (non-hydrogen) atoms. The van der Waals surface area contributed by atoms with Gasteiger partial charge in [-0.05, 0) is 54.8 Å². The molecule has 6 nitrogen and oxygen atoms in total. The van der Waals surface area contributed by atoms with Crippen molar-refractivity contribution >= 4 is 16.7 Å². The van der Waals surface area contributed by atoms with Crippen molar-refractivity contribution in [2.45, 2.75) is 12.8 Å². The summed E-state index contributed by atoms with van der Waals surface area (Å²) >= 11 is 0. The van der Waals surface area contributed by atoms with Crippen LogP contribution < -0.4 is 9.47 Å². The van der Waals surface area contributed by atoms with Gasteiger partial charge in [0, 0.05) is 16.5 Å². The van der Waals surface area contributed by atoms with Gasteiger partial charge in [0.15, 0.2) is 23.0 Å². The molecule has 6 heteroatoms. The zero-order valence-electron chi connectivity index (χ0n) is 17.9. The Morgan fingerprint density at radius 3 is 2.53 bits per heavy atom. The van der Waals surface area contributed by atoms with Crippen LogP contribution in [0.3, 0.4) is 0 Å². The fourth-order valence-corrected chi connectivity index (χ4v) is 3.82. The molecule has 160 valence electrons. The van der Waals surface area contributed by atoms with Crippen LogP contribution in [0.25, 0.3) is 27.9 Å². The second-order valence-corrected chi connectivity index (χ2v) is 7.39. The van der Waals surface area contributed by atoms with Gasteiger partial charge in [0.25, 0.3) is 0 Å². The van der Waals surface area contributed by atoms with Crippen LogP contribution in [-0.4, -0.2) is 24.2 Å². The minimum absolute atomic E-state index is 0.641. The van der Waals surface area contributed by atoms with Gasteiger partial charge >= 0.3 is 0 Å². The summed E-state index contributed by atoms with van der Waals surface area (Å²) in [4.78, 5) is 8.99. The van der Waals surface area contributed by atoms with Gasteiger partial charge in [-0.1, -0.05) is 18.2 Å². The van der Waals surface area contributed by atoms with Crippen LogP contribution in [0, 0.1) is 0 Å². The van der Waals surface area contributed by atoms with Gasteiger partial charge in [0.2, 0.25) is 0 Å². The largest absolute Gasteiger partial charge is 0.493 e. The average molecular weight is 426 g/mol. The van der Waals surface area contributed by atoms with Crippen molar-refractivity contribution < 1.29 is 18.9 Å². The molecule has 1 aliphatic heterocycles. The number of nitrogens with zero attached hydrogens (tertiary/aromatic N) is 2. The van der Waals surface area contributed by atoms with E-state index in [1.165, 1.54) is 0 Å². The van der Waals surface area contributed by atoms with Crippen molar-refractivity contribution in [3.8, 4) is 22.8 Å². The van der Waals surface area contributed by atoms with Gasteiger partial charge < -0.3 is 18.9 Å². The number of fused-ring (bicyclic) bond motifs is 1. The fourth-order valence-electron chi connectivity index (χ4n) is 3.82. The van der Waals surface area contributed by atoms with Gasteiger partial charge in [-0.15, -0.1) is 0 Å². The Morgan fingerprint density at radius 1 is 0.875 bits per heavy atom. The highest BCUT2D eigenvalue weighted by molar-refractivity contribution is 5.94. The van der Waals surface area contributed by atoms with E-state index in [0.29, 0.717) is 17.3 Å². The topological polar surface area (TPSA) is 62.7 Å². The average Bonchev–Trinajstić information content (AvgIpc) is 2.88. The zero-order valence-corrected chi connectivity index (χ0v) is 17.9. The van der Waals surface area contributed by atoms with E-state index in [1.54, 1.807) is 33.1 Å². The summed E-state index contributed by atoms with van der Waals surface area (Å²) < 4.78 is 22.6. The quantitative estimate of drug-likeness (QED) is 0.516. The third kappa shape index (κ3) is 3.71. The highest BCUT2D eigenvalue weighted by Gasteiger charge is 2.18. The number of rotatable bonds is 5. The summed E-state index contributed by atoms with van der Waals surface area (Å²) in [7, 11) is 3.24. The molecule has 2 aliphatic rings. The lowest BCUT2D eigenvalue weighted by molar-refractivity contribution is 0.285. The van der Waals surface area contributed by atoms with Crippen LogP contribution in [0.2, 0.25) is 0 Å². The summed E-state index contributed by atoms with van der Waals surface area (Å²) in [5, 5.41) is 0.901. The van der Waals surface area contributed by atoms with Gasteiger partial charge in [-0.25, -0.2) is 9.97 Å². The first kappa shape index (κ1) is 19.9. The molecular weight excluding hydrogens is 404 g/mol. The fraction of sp³-hybridized carbons (Fsp3) is 0.154. The highest BCUT2D eigenvalue weighted by atomic mass is 16.5. The summed E-state index contributed by atoms with van der Waals surface area (Å²) in [5.74, 6) is 2.68. The predicted molar refractivity (Wildman–Crippen MR) is 123 cm³/mol. The maximum Gasteiger partial charge on any atom is 0.169 e. The van der Waals surface area contributed by atoms with E-state index in [9.17, 15) is 0 Å². The first-order chi connectivity index (χ1) is 15.8. The van der Waals surface area contributed by atoms with Gasteiger partial charge in [0.1, 0.15) is 18.9 Å². The summed E-state index contributed by atoms with van der Waals surface area (Å²) in [6.45, 7) is 0. The van der Waals surface area contributed by atoms with Crippen molar-refractivity contribution in [1.29, 1.82) is 0 Å². The Labute approximate surface area is 186 Å². The number of allylic oxidation sites excluding steroid dienone is 4. The van der Waals surface area contributed by atoms with Crippen LogP contribution in [0.4, 0.5) is 0 Å². The van der Waals surface area contributed by atoms with Crippen molar-refractivity contribution in [3.05, 3.63) is 90.4 Å². The van der Waals surface area contributed by atoms with Crippen LogP contribution in [0.15, 0.2) is 84.8 Å². The number of aromatic nitrogens is 2. The van der Waals surface area contributed by atoms with Crippen LogP contribution in [-0.2, 0) is 9.47 Å². The monoisotopic (exact) mass is 426 g/mol. The SMILES string of the molecule is COc1ccc(-c2ncnc3ccc(C4=COC=C(C5=CC=CCC5)O4)cc23)cc1OC. The third-order valence-corrected chi connectivity index (χ3v) is 5.48. The maximum absolute atomic E-state index is 6.19. The first-order valence-corrected chi connectivity index (χ1v) is 10.3. The molecule has 0 saturated heterocycles. The van der Waals surface area contributed by atoms with E-state index in [2.05, 4.69) is 22.1 Å². The Balaban J connectivity index is 1.53. The molecule has 0 N–H and O–H groups in total. The number of benzene rings is 2. The van der Waals surface area contributed by atoms with E-state index in [4.69, 9.17) is 18.9 Å². The molecule has 0 unspecified atom stereocenters. The lowest BCUT2D eigenvalue weighted by Gasteiger charge is -2.20. The lowest BCUT2D eigenvalue weighted by atomic mass is 10.0. The molecule has 0 fully saturated rings. The summed E-state index contributed by atoms with van der Waals surface area (Å²) in [5.41, 5.74) is 4.54. The van der Waals surface area contributed by atoms with Gasteiger partial charge in [-0.2, -0.15) is 0 Å². The lowest BCUT2D eigenvalue weighted by Crippen LogP contribution is -2.03. The van der Waals surface area contributed by atoms with Crippen LogP contribution in [0.1, 0.15) is 18.4 Å². The molecule has 1 aliphatic carbocycles. The molecule has 0 atom stereocenters. The molecule has 0 spiro atoms. The number of hydrogen-bond donors (Lipinski definition) is 0. The van der Waals surface area contributed by atoms with Crippen molar-refractivity contribution in [2.24, 2.45) is 0 Å². The second kappa shape index (κ2) is 8.59. The normalized spacial score (nSPS) is 15.2. The van der Waals surface area contributed by atoms with Crippen molar-refractivity contribution in [1.82, 2.24) is 9.97 Å². The van der Waals surface area contributed by atoms with Crippen LogP contribution in [0.5, 0.6) is 11.5 Å². The molecule has 3 aromatic rings. The molecule has 2 aromatic carbocycles. The highest BCUT2D eigenvalue weighted by Crippen LogP contribution is 2.36. The van der Waals surface area contributed by atoms with Gasteiger partial charge in [-0.3, -0.25) is 0 Å². The minimum Gasteiger partial charge on any atom is -0.493 e. The third-order valence-electron chi connectivity index (χ3n) is 5.48.